The van der Waals surface area contributed by atoms with E-state index in [0.717, 1.165) is 19.4 Å². The Bertz CT molecular complexity index is 473. The predicted octanol–water partition coefficient (Wildman–Crippen LogP) is 2.05. The second kappa shape index (κ2) is 6.42. The van der Waals surface area contributed by atoms with Gasteiger partial charge in [0.15, 0.2) is 0 Å². The third-order valence-corrected chi connectivity index (χ3v) is 6.47. The first-order chi connectivity index (χ1) is 11.0. The largest absolute Gasteiger partial charge is 0.378 e. The molecule has 2 amide bonds. The van der Waals surface area contributed by atoms with Crippen LogP contribution in [0, 0.1) is 11.3 Å². The number of piperidine rings is 1. The van der Waals surface area contributed by atoms with E-state index in [-0.39, 0.29) is 23.1 Å². The lowest BCUT2D eigenvalue weighted by Gasteiger charge is -2.57. The molecule has 5 nitrogen and oxygen atoms in total. The monoisotopic (exact) mass is 322 g/mol. The maximum absolute atomic E-state index is 12.9. The van der Waals surface area contributed by atoms with Crippen molar-refractivity contribution in [2.24, 2.45) is 11.3 Å². The van der Waals surface area contributed by atoms with Crippen LogP contribution in [0.15, 0.2) is 0 Å². The van der Waals surface area contributed by atoms with Gasteiger partial charge in [-0.05, 0) is 32.6 Å². The van der Waals surface area contributed by atoms with Crippen LogP contribution < -0.4 is 0 Å². The van der Waals surface area contributed by atoms with E-state index in [1.54, 1.807) is 4.90 Å². The highest BCUT2D eigenvalue weighted by Gasteiger charge is 2.59. The van der Waals surface area contributed by atoms with Crippen LogP contribution in [0.5, 0.6) is 0 Å². The van der Waals surface area contributed by atoms with Gasteiger partial charge in [-0.3, -0.25) is 9.59 Å². The Kier molecular flexibility index (Phi) is 4.68. The number of hydrogen-bond acceptors (Lipinski definition) is 3. The van der Waals surface area contributed by atoms with E-state index >= 15 is 0 Å². The van der Waals surface area contributed by atoms with Gasteiger partial charge in [0.05, 0.1) is 6.10 Å². The van der Waals surface area contributed by atoms with Crippen molar-refractivity contribution in [3.05, 3.63) is 0 Å². The first-order valence-corrected chi connectivity index (χ1v) is 9.12. The van der Waals surface area contributed by atoms with E-state index in [4.69, 9.17) is 4.74 Å². The van der Waals surface area contributed by atoms with Gasteiger partial charge in [-0.25, -0.2) is 0 Å². The summed E-state index contributed by atoms with van der Waals surface area (Å²) in [7, 11) is 3.76. The zero-order valence-corrected chi connectivity index (χ0v) is 14.7. The predicted molar refractivity (Wildman–Crippen MR) is 87.9 cm³/mol. The second-order valence-electron chi connectivity index (χ2n) is 7.59. The van der Waals surface area contributed by atoms with Gasteiger partial charge in [0, 0.05) is 51.0 Å². The fourth-order valence-corrected chi connectivity index (χ4v) is 4.99. The normalized spacial score (nSPS) is 32.9. The lowest BCUT2D eigenvalue weighted by atomic mass is 9.60. The van der Waals surface area contributed by atoms with Crippen molar-refractivity contribution in [1.82, 2.24) is 9.80 Å². The van der Waals surface area contributed by atoms with Gasteiger partial charge in [0.1, 0.15) is 0 Å². The first kappa shape index (κ1) is 16.7. The van der Waals surface area contributed by atoms with Crippen molar-refractivity contribution in [2.75, 3.05) is 27.2 Å². The fourth-order valence-electron chi connectivity index (χ4n) is 4.99. The molecule has 0 aromatic rings. The molecular formula is C18H30N2O3. The van der Waals surface area contributed by atoms with Crippen LogP contribution in [0.25, 0.3) is 0 Å². The van der Waals surface area contributed by atoms with Crippen molar-refractivity contribution in [3.8, 4) is 0 Å². The molecular weight excluding hydrogens is 292 g/mol. The molecule has 0 unspecified atom stereocenters. The molecule has 130 valence electrons. The number of rotatable bonds is 4. The quantitative estimate of drug-likeness (QED) is 0.796. The van der Waals surface area contributed by atoms with Crippen LogP contribution >= 0.6 is 0 Å². The lowest BCUT2D eigenvalue weighted by molar-refractivity contribution is -0.176. The van der Waals surface area contributed by atoms with Crippen molar-refractivity contribution < 1.29 is 14.3 Å². The maximum atomic E-state index is 12.9. The smallest absolute Gasteiger partial charge is 0.226 e. The Hall–Kier alpha value is -1.10. The molecule has 23 heavy (non-hydrogen) atoms. The van der Waals surface area contributed by atoms with Crippen LogP contribution in [0.3, 0.4) is 0 Å². The maximum Gasteiger partial charge on any atom is 0.226 e. The molecule has 0 bridgehead atoms. The summed E-state index contributed by atoms with van der Waals surface area (Å²) in [4.78, 5) is 28.5. The number of likely N-dealkylation sites (tertiary alicyclic amines) is 1. The number of amides is 2. The zero-order chi connectivity index (χ0) is 16.6. The summed E-state index contributed by atoms with van der Waals surface area (Å²) in [6, 6.07) is 0.295. The Balaban J connectivity index is 1.67. The van der Waals surface area contributed by atoms with Crippen LogP contribution in [0.1, 0.15) is 51.9 Å². The van der Waals surface area contributed by atoms with Gasteiger partial charge in [-0.1, -0.05) is 12.8 Å². The van der Waals surface area contributed by atoms with Crippen molar-refractivity contribution in [1.29, 1.82) is 0 Å². The fraction of sp³-hybridized carbons (Fsp3) is 0.889. The Morgan fingerprint density at radius 3 is 2.70 bits per heavy atom. The standard InChI is InChI=1S/C18H30N2O3/c1-4-23-15-12-14(18(15)8-5-6-9-18)20(3)17(22)13-7-10-19(2)16(21)11-13/h13-15H,4-12H2,1-3H3/t13-,14+,15+/m0/s1. The number of nitrogens with zero attached hydrogens (tertiary/aromatic N) is 2. The van der Waals surface area contributed by atoms with Crippen LogP contribution in [0.2, 0.25) is 0 Å². The molecule has 0 aromatic heterocycles. The average Bonchev–Trinajstić information content (AvgIpc) is 3.05. The Morgan fingerprint density at radius 2 is 2.09 bits per heavy atom. The second-order valence-corrected chi connectivity index (χ2v) is 7.59. The summed E-state index contributed by atoms with van der Waals surface area (Å²) in [6.45, 7) is 3.50. The van der Waals surface area contributed by atoms with Crippen molar-refractivity contribution >= 4 is 11.8 Å². The van der Waals surface area contributed by atoms with E-state index in [0.29, 0.717) is 25.1 Å². The van der Waals surface area contributed by atoms with E-state index in [9.17, 15) is 9.59 Å². The number of hydrogen-bond donors (Lipinski definition) is 0. The Morgan fingerprint density at radius 1 is 1.39 bits per heavy atom. The SMILES string of the molecule is CCO[C@@H]1C[C@@H](N(C)C(=O)[C@H]2CCN(C)C(=O)C2)C12CCCC2. The van der Waals surface area contributed by atoms with Crippen LogP contribution in [-0.4, -0.2) is 61.0 Å². The van der Waals surface area contributed by atoms with E-state index < -0.39 is 0 Å². The molecule has 2 saturated carbocycles. The minimum atomic E-state index is -0.131. The molecule has 0 N–H and O–H groups in total. The molecule has 0 radical (unpaired) electrons. The molecule has 0 aromatic carbocycles. The molecule has 3 aliphatic rings. The van der Waals surface area contributed by atoms with Crippen LogP contribution in [0.4, 0.5) is 0 Å². The zero-order valence-electron chi connectivity index (χ0n) is 14.7. The molecule has 3 fully saturated rings. The summed E-state index contributed by atoms with van der Waals surface area (Å²) < 4.78 is 5.95. The van der Waals surface area contributed by atoms with Gasteiger partial charge in [0.25, 0.3) is 0 Å². The third-order valence-electron chi connectivity index (χ3n) is 6.47. The minimum Gasteiger partial charge on any atom is -0.378 e. The van der Waals surface area contributed by atoms with E-state index in [2.05, 4.69) is 6.92 Å². The summed E-state index contributed by atoms with van der Waals surface area (Å²) in [5, 5.41) is 0. The van der Waals surface area contributed by atoms with Gasteiger partial charge >= 0.3 is 0 Å². The summed E-state index contributed by atoms with van der Waals surface area (Å²) in [5.74, 6) is 0.130. The summed E-state index contributed by atoms with van der Waals surface area (Å²) >= 11 is 0. The van der Waals surface area contributed by atoms with Crippen molar-refractivity contribution in [2.45, 2.75) is 64.0 Å². The molecule has 3 atom stereocenters. The Labute approximate surface area is 139 Å². The highest BCUT2D eigenvalue weighted by Crippen LogP contribution is 2.56. The van der Waals surface area contributed by atoms with Gasteiger partial charge in [0.2, 0.25) is 11.8 Å². The van der Waals surface area contributed by atoms with Gasteiger partial charge in [-0.15, -0.1) is 0 Å². The van der Waals surface area contributed by atoms with Gasteiger partial charge in [-0.2, -0.15) is 0 Å². The topological polar surface area (TPSA) is 49.9 Å². The number of ether oxygens (including phenoxy) is 1. The summed E-state index contributed by atoms with van der Waals surface area (Å²) in [6.07, 6.45) is 7.27. The van der Waals surface area contributed by atoms with E-state index in [1.165, 1.54) is 25.7 Å². The molecule has 1 saturated heterocycles. The van der Waals surface area contributed by atoms with Crippen LogP contribution in [-0.2, 0) is 14.3 Å². The highest BCUT2D eigenvalue weighted by atomic mass is 16.5. The molecule has 1 aliphatic heterocycles. The number of carbonyl (C=O) groups excluding carboxylic acids is 2. The molecule has 1 spiro atoms. The highest BCUT2D eigenvalue weighted by molar-refractivity contribution is 5.87. The molecule has 3 rings (SSSR count). The minimum absolute atomic E-state index is 0.0966. The molecule has 5 heteroatoms. The first-order valence-electron chi connectivity index (χ1n) is 9.12. The third kappa shape index (κ3) is 2.77. The molecule has 1 heterocycles. The average molecular weight is 322 g/mol. The lowest BCUT2D eigenvalue weighted by Crippen LogP contribution is -2.64. The summed E-state index contributed by atoms with van der Waals surface area (Å²) in [5.41, 5.74) is 0.176. The molecule has 2 aliphatic carbocycles. The van der Waals surface area contributed by atoms with Crippen molar-refractivity contribution in [3.63, 3.8) is 0 Å². The number of carbonyl (C=O) groups is 2. The van der Waals surface area contributed by atoms with E-state index in [1.807, 2.05) is 19.0 Å². The van der Waals surface area contributed by atoms with Gasteiger partial charge < -0.3 is 14.5 Å².